The van der Waals surface area contributed by atoms with Gasteiger partial charge in [-0.3, -0.25) is 9.59 Å². The summed E-state index contributed by atoms with van der Waals surface area (Å²) >= 11 is 0. The molecule has 0 atom stereocenters. The first-order chi connectivity index (χ1) is 8.63. The molecule has 0 saturated carbocycles. The Bertz CT molecular complexity index is 723. The summed E-state index contributed by atoms with van der Waals surface area (Å²) in [6.07, 6.45) is 4.43. The zero-order valence-corrected chi connectivity index (χ0v) is 9.47. The largest absolute Gasteiger partial charge is 0.506 e. The average molecular weight is 242 g/mol. The summed E-state index contributed by atoms with van der Waals surface area (Å²) in [5, 5.41) is 10.0. The van der Waals surface area contributed by atoms with Gasteiger partial charge < -0.3 is 9.52 Å². The molecule has 0 bridgehead atoms. The van der Waals surface area contributed by atoms with Crippen LogP contribution in [0.2, 0.25) is 0 Å². The van der Waals surface area contributed by atoms with Gasteiger partial charge in [-0.2, -0.15) is 0 Å². The van der Waals surface area contributed by atoms with Crippen molar-refractivity contribution in [2.75, 3.05) is 0 Å². The van der Waals surface area contributed by atoms with E-state index in [9.17, 15) is 14.7 Å². The number of aromatic hydroxyl groups is 1. The number of benzene rings is 1. The Morgan fingerprint density at radius 2 is 1.94 bits per heavy atom. The number of rotatable bonds is 3. The lowest BCUT2D eigenvalue weighted by Crippen LogP contribution is -2.06. The first-order valence-corrected chi connectivity index (χ1v) is 5.15. The standard InChI is InChI=1S/C14H10O4/c1-3-8-7-18-14-10(4-2)13(17)9(6-15)5-11(14)12(8)16/h3-7,17H,1-2H2. The molecule has 0 spiro atoms. The van der Waals surface area contributed by atoms with Gasteiger partial charge in [-0.25, -0.2) is 0 Å². The van der Waals surface area contributed by atoms with Gasteiger partial charge >= 0.3 is 0 Å². The zero-order valence-electron chi connectivity index (χ0n) is 9.47. The minimum atomic E-state index is -0.308. The summed E-state index contributed by atoms with van der Waals surface area (Å²) in [7, 11) is 0. The Balaban J connectivity index is 3.06. The highest BCUT2D eigenvalue weighted by molar-refractivity contribution is 5.96. The number of fused-ring (bicyclic) bond motifs is 1. The first kappa shape index (κ1) is 11.9. The lowest BCUT2D eigenvalue weighted by molar-refractivity contribution is 0.112. The second-order valence-electron chi connectivity index (χ2n) is 3.65. The van der Waals surface area contributed by atoms with Crippen molar-refractivity contribution in [2.24, 2.45) is 0 Å². The van der Waals surface area contributed by atoms with Crippen molar-refractivity contribution >= 4 is 29.4 Å². The van der Waals surface area contributed by atoms with Crippen molar-refractivity contribution in [2.45, 2.75) is 0 Å². The van der Waals surface area contributed by atoms with Crippen molar-refractivity contribution in [3.05, 3.63) is 52.4 Å². The minimum absolute atomic E-state index is 0.0194. The van der Waals surface area contributed by atoms with Crippen molar-refractivity contribution in [1.82, 2.24) is 0 Å². The molecule has 2 rings (SSSR count). The van der Waals surface area contributed by atoms with E-state index in [1.807, 2.05) is 0 Å². The molecule has 0 aliphatic carbocycles. The third-order valence-electron chi connectivity index (χ3n) is 2.68. The topological polar surface area (TPSA) is 67.5 Å². The van der Waals surface area contributed by atoms with E-state index >= 15 is 0 Å². The molecular weight excluding hydrogens is 232 g/mol. The molecule has 0 unspecified atom stereocenters. The van der Waals surface area contributed by atoms with Gasteiger partial charge in [0, 0.05) is 0 Å². The number of carbonyl (C=O) groups is 1. The van der Waals surface area contributed by atoms with Crippen molar-refractivity contribution in [3.63, 3.8) is 0 Å². The van der Waals surface area contributed by atoms with Crippen LogP contribution in [0.5, 0.6) is 5.75 Å². The van der Waals surface area contributed by atoms with Crippen LogP contribution in [0.15, 0.2) is 34.7 Å². The van der Waals surface area contributed by atoms with Gasteiger partial charge in [-0.15, -0.1) is 0 Å². The van der Waals surface area contributed by atoms with E-state index in [1.54, 1.807) is 0 Å². The quantitative estimate of drug-likeness (QED) is 0.840. The normalized spacial score (nSPS) is 10.2. The molecule has 4 heteroatoms. The van der Waals surface area contributed by atoms with Crippen molar-refractivity contribution in [3.8, 4) is 5.75 Å². The number of hydrogen-bond acceptors (Lipinski definition) is 4. The summed E-state index contributed by atoms with van der Waals surface area (Å²) in [4.78, 5) is 22.9. The Kier molecular flexibility index (Phi) is 2.85. The summed E-state index contributed by atoms with van der Waals surface area (Å²) in [6.45, 7) is 7.03. The van der Waals surface area contributed by atoms with E-state index in [1.165, 1.54) is 24.5 Å². The molecular formula is C14H10O4. The van der Waals surface area contributed by atoms with Gasteiger partial charge in [0.1, 0.15) is 17.6 Å². The van der Waals surface area contributed by atoms with Gasteiger partial charge in [-0.05, 0) is 6.07 Å². The van der Waals surface area contributed by atoms with E-state index in [0.717, 1.165) is 0 Å². The smallest absolute Gasteiger partial charge is 0.199 e. The van der Waals surface area contributed by atoms with Gasteiger partial charge in [-0.1, -0.05) is 25.3 Å². The SMILES string of the molecule is C=Cc1coc2c(C=C)c(O)c(C=O)cc2c1=O. The predicted molar refractivity (Wildman–Crippen MR) is 69.7 cm³/mol. The molecule has 90 valence electrons. The maximum absolute atomic E-state index is 12.0. The number of phenolic OH excluding ortho intramolecular Hbond substituents is 1. The van der Waals surface area contributed by atoms with E-state index in [4.69, 9.17) is 4.42 Å². The molecule has 1 aromatic heterocycles. The maximum atomic E-state index is 12.0. The monoisotopic (exact) mass is 242 g/mol. The van der Waals surface area contributed by atoms with Crippen LogP contribution in [0, 0.1) is 0 Å². The minimum Gasteiger partial charge on any atom is -0.506 e. The molecule has 1 aromatic carbocycles. The molecule has 1 N–H and O–H groups in total. The summed E-state index contributed by atoms with van der Waals surface area (Å²) in [6, 6.07) is 1.30. The van der Waals surface area contributed by atoms with Crippen LogP contribution in [0.3, 0.4) is 0 Å². The van der Waals surface area contributed by atoms with Gasteiger partial charge in [0.15, 0.2) is 11.7 Å². The highest BCUT2D eigenvalue weighted by atomic mass is 16.3. The molecule has 0 aliphatic rings. The Hall–Kier alpha value is -2.62. The number of phenols is 1. The molecule has 0 saturated heterocycles. The number of carbonyl (C=O) groups excluding carboxylic acids is 1. The summed E-state index contributed by atoms with van der Waals surface area (Å²) < 4.78 is 5.30. The van der Waals surface area contributed by atoms with Gasteiger partial charge in [0.2, 0.25) is 0 Å². The Labute approximate surface area is 102 Å². The van der Waals surface area contributed by atoms with Crippen LogP contribution >= 0.6 is 0 Å². The van der Waals surface area contributed by atoms with Crippen molar-refractivity contribution in [1.29, 1.82) is 0 Å². The molecule has 4 nitrogen and oxygen atoms in total. The lowest BCUT2D eigenvalue weighted by Gasteiger charge is -2.06. The molecule has 0 aliphatic heterocycles. The third kappa shape index (κ3) is 1.55. The zero-order chi connectivity index (χ0) is 13.3. The molecule has 2 aromatic rings. The fraction of sp³-hybridized carbons (Fsp3) is 0. The molecule has 0 amide bonds. The Morgan fingerprint density at radius 3 is 2.50 bits per heavy atom. The molecule has 1 heterocycles. The van der Waals surface area contributed by atoms with Crippen LogP contribution < -0.4 is 5.43 Å². The van der Waals surface area contributed by atoms with Gasteiger partial charge in [0.25, 0.3) is 0 Å². The second-order valence-corrected chi connectivity index (χ2v) is 3.65. The van der Waals surface area contributed by atoms with Crippen LogP contribution in [0.1, 0.15) is 21.5 Å². The van der Waals surface area contributed by atoms with E-state index in [0.29, 0.717) is 11.8 Å². The molecule has 18 heavy (non-hydrogen) atoms. The van der Waals surface area contributed by atoms with Crippen LogP contribution in [-0.2, 0) is 0 Å². The van der Waals surface area contributed by atoms with E-state index in [-0.39, 0.29) is 33.3 Å². The van der Waals surface area contributed by atoms with Crippen LogP contribution in [0.4, 0.5) is 0 Å². The van der Waals surface area contributed by atoms with Gasteiger partial charge in [0.05, 0.1) is 22.1 Å². The van der Waals surface area contributed by atoms with E-state index < -0.39 is 0 Å². The first-order valence-electron chi connectivity index (χ1n) is 5.15. The maximum Gasteiger partial charge on any atom is 0.199 e. The van der Waals surface area contributed by atoms with E-state index in [2.05, 4.69) is 13.2 Å². The van der Waals surface area contributed by atoms with Crippen LogP contribution in [-0.4, -0.2) is 11.4 Å². The number of hydrogen-bond donors (Lipinski definition) is 1. The highest BCUT2D eigenvalue weighted by Crippen LogP contribution is 2.30. The fourth-order valence-corrected chi connectivity index (χ4v) is 1.74. The average Bonchev–Trinajstić information content (AvgIpc) is 2.39. The summed E-state index contributed by atoms with van der Waals surface area (Å²) in [5.41, 5.74) is 0.425. The molecule has 0 radical (unpaired) electrons. The summed E-state index contributed by atoms with van der Waals surface area (Å²) in [5.74, 6) is -0.248. The number of aldehydes is 1. The second kappa shape index (κ2) is 4.33. The lowest BCUT2D eigenvalue weighted by atomic mass is 10.0. The third-order valence-corrected chi connectivity index (χ3v) is 2.68. The fourth-order valence-electron chi connectivity index (χ4n) is 1.74. The Morgan fingerprint density at radius 1 is 1.22 bits per heavy atom. The molecule has 0 fully saturated rings. The van der Waals surface area contributed by atoms with Crippen molar-refractivity contribution < 1.29 is 14.3 Å². The van der Waals surface area contributed by atoms with Crippen LogP contribution in [0.25, 0.3) is 23.1 Å². The predicted octanol–water partition coefficient (Wildman–Crippen LogP) is 2.60. The highest BCUT2D eigenvalue weighted by Gasteiger charge is 2.15.